The van der Waals surface area contributed by atoms with Crippen molar-refractivity contribution in [3.63, 3.8) is 0 Å². The number of aryl methyl sites for hydroxylation is 2. The first kappa shape index (κ1) is 13.6. The monoisotopic (exact) mass is 291 g/mol. The summed E-state index contributed by atoms with van der Waals surface area (Å²) in [7, 11) is 1.58. The maximum absolute atomic E-state index is 13.2. The third-order valence-electron chi connectivity index (χ3n) is 3.36. The molecule has 1 aromatic carbocycles. The first-order valence-electron chi connectivity index (χ1n) is 6.33. The molecule has 0 aliphatic carbocycles. The predicted molar refractivity (Wildman–Crippen MR) is 73.7 cm³/mol. The second kappa shape index (κ2) is 4.58. The molecule has 3 aromatic rings. The van der Waals surface area contributed by atoms with Crippen molar-refractivity contribution in [2.24, 2.45) is 7.05 Å². The summed E-state index contributed by atoms with van der Waals surface area (Å²) < 4.78 is 41.0. The van der Waals surface area contributed by atoms with Gasteiger partial charge in [-0.2, -0.15) is 18.3 Å². The van der Waals surface area contributed by atoms with E-state index in [9.17, 15) is 13.2 Å². The van der Waals surface area contributed by atoms with Crippen LogP contribution in [0.3, 0.4) is 0 Å². The van der Waals surface area contributed by atoms with Crippen LogP contribution in [0.5, 0.6) is 0 Å². The van der Waals surface area contributed by atoms with Crippen molar-refractivity contribution in [1.29, 1.82) is 0 Å². The maximum atomic E-state index is 13.2. The van der Waals surface area contributed by atoms with Gasteiger partial charge in [-0.1, -0.05) is 29.8 Å². The lowest BCUT2D eigenvalue weighted by atomic mass is 10.1. The van der Waals surface area contributed by atoms with Gasteiger partial charge in [-0.3, -0.25) is 4.68 Å². The molecule has 2 heterocycles. The molecule has 108 valence electrons. The van der Waals surface area contributed by atoms with Gasteiger partial charge in [0.2, 0.25) is 0 Å². The first-order valence-corrected chi connectivity index (χ1v) is 6.33. The van der Waals surface area contributed by atoms with Gasteiger partial charge in [0, 0.05) is 12.6 Å². The van der Waals surface area contributed by atoms with E-state index < -0.39 is 11.7 Å². The number of hydrogen-bond acceptors (Lipinski definition) is 2. The number of rotatable bonds is 1. The third kappa shape index (κ3) is 2.37. The van der Waals surface area contributed by atoms with Gasteiger partial charge in [0.1, 0.15) is 0 Å². The Morgan fingerprint density at radius 2 is 1.76 bits per heavy atom. The Morgan fingerprint density at radius 3 is 2.38 bits per heavy atom. The average molecular weight is 291 g/mol. The normalized spacial score (nSPS) is 12.0. The summed E-state index contributed by atoms with van der Waals surface area (Å²) >= 11 is 0. The van der Waals surface area contributed by atoms with E-state index in [1.807, 2.05) is 19.1 Å². The fourth-order valence-electron chi connectivity index (χ4n) is 2.22. The molecule has 0 fully saturated rings. The summed E-state index contributed by atoms with van der Waals surface area (Å²) in [6, 6.07) is 8.30. The van der Waals surface area contributed by atoms with E-state index >= 15 is 0 Å². The third-order valence-corrected chi connectivity index (χ3v) is 3.36. The van der Waals surface area contributed by atoms with Gasteiger partial charge >= 0.3 is 6.18 Å². The Bertz CT molecular complexity index is 801. The molecule has 0 bridgehead atoms. The summed E-state index contributed by atoms with van der Waals surface area (Å²) in [4.78, 5) is 4.31. The lowest BCUT2D eigenvalue weighted by Gasteiger charge is -2.10. The zero-order valence-electron chi connectivity index (χ0n) is 11.4. The van der Waals surface area contributed by atoms with Crippen LogP contribution in [0, 0.1) is 6.92 Å². The highest BCUT2D eigenvalue weighted by atomic mass is 19.4. The number of alkyl halides is 3. The molecule has 0 radical (unpaired) electrons. The Morgan fingerprint density at radius 1 is 1.10 bits per heavy atom. The van der Waals surface area contributed by atoms with Gasteiger partial charge in [0.15, 0.2) is 5.65 Å². The molecule has 0 aliphatic rings. The van der Waals surface area contributed by atoms with E-state index in [-0.39, 0.29) is 11.0 Å². The highest BCUT2D eigenvalue weighted by Crippen LogP contribution is 2.36. The molecule has 0 N–H and O–H groups in total. The number of benzene rings is 1. The number of pyridine rings is 1. The number of fused-ring (bicyclic) bond motifs is 1. The van der Waals surface area contributed by atoms with Gasteiger partial charge in [-0.25, -0.2) is 4.98 Å². The lowest BCUT2D eigenvalue weighted by Crippen LogP contribution is -2.07. The molecule has 0 unspecified atom stereocenters. The van der Waals surface area contributed by atoms with Crippen LogP contribution in [0.15, 0.2) is 36.5 Å². The van der Waals surface area contributed by atoms with Gasteiger partial charge in [-0.05, 0) is 13.0 Å². The SMILES string of the molecule is Cc1ccc(-c2cc(C(F)(F)F)c3cnn(C)c3n2)cc1. The zero-order valence-corrected chi connectivity index (χ0v) is 11.4. The van der Waals surface area contributed by atoms with Crippen LogP contribution in [0.2, 0.25) is 0 Å². The molecule has 3 rings (SSSR count). The van der Waals surface area contributed by atoms with E-state index in [4.69, 9.17) is 0 Å². The van der Waals surface area contributed by atoms with Gasteiger partial charge in [0.05, 0.1) is 22.8 Å². The van der Waals surface area contributed by atoms with Crippen LogP contribution in [-0.2, 0) is 13.2 Å². The molecular formula is C15H12F3N3. The Hall–Kier alpha value is -2.37. The standard InChI is InChI=1S/C15H12F3N3/c1-9-3-5-10(6-4-9)13-7-12(15(16,17)18)11-8-19-21(2)14(11)20-13/h3-8H,1-2H3. The highest BCUT2D eigenvalue weighted by molar-refractivity contribution is 5.82. The summed E-state index contributed by atoms with van der Waals surface area (Å²) in [6.07, 6.45) is -3.24. The van der Waals surface area contributed by atoms with Crippen molar-refractivity contribution < 1.29 is 13.2 Å². The van der Waals surface area contributed by atoms with Crippen molar-refractivity contribution in [2.75, 3.05) is 0 Å². The molecule has 0 saturated carbocycles. The zero-order chi connectivity index (χ0) is 15.2. The smallest absolute Gasteiger partial charge is 0.250 e. The second-order valence-electron chi connectivity index (χ2n) is 4.92. The van der Waals surface area contributed by atoms with Crippen LogP contribution < -0.4 is 0 Å². The van der Waals surface area contributed by atoms with E-state index in [1.165, 1.54) is 10.9 Å². The summed E-state index contributed by atoms with van der Waals surface area (Å²) in [5, 5.41) is 3.89. The molecule has 21 heavy (non-hydrogen) atoms. The Kier molecular flexibility index (Phi) is 2.97. The number of hydrogen-bond donors (Lipinski definition) is 0. The van der Waals surface area contributed by atoms with Crippen molar-refractivity contribution in [1.82, 2.24) is 14.8 Å². The van der Waals surface area contributed by atoms with Crippen molar-refractivity contribution in [3.8, 4) is 11.3 Å². The average Bonchev–Trinajstić information content (AvgIpc) is 2.79. The van der Waals surface area contributed by atoms with Crippen molar-refractivity contribution in [2.45, 2.75) is 13.1 Å². The minimum atomic E-state index is -4.44. The van der Waals surface area contributed by atoms with Crippen LogP contribution in [0.4, 0.5) is 13.2 Å². The summed E-state index contributed by atoms with van der Waals surface area (Å²) in [5.74, 6) is 0. The quantitative estimate of drug-likeness (QED) is 0.679. The number of nitrogens with zero attached hydrogens (tertiary/aromatic N) is 3. The molecule has 0 saturated heterocycles. The topological polar surface area (TPSA) is 30.7 Å². The Balaban J connectivity index is 2.29. The molecule has 0 amide bonds. The molecule has 3 nitrogen and oxygen atoms in total. The second-order valence-corrected chi connectivity index (χ2v) is 4.92. The van der Waals surface area contributed by atoms with Gasteiger partial charge in [0.25, 0.3) is 0 Å². The van der Waals surface area contributed by atoms with Crippen LogP contribution in [0.1, 0.15) is 11.1 Å². The van der Waals surface area contributed by atoms with E-state index in [0.29, 0.717) is 11.3 Å². The van der Waals surface area contributed by atoms with E-state index in [0.717, 1.165) is 11.6 Å². The highest BCUT2D eigenvalue weighted by Gasteiger charge is 2.34. The van der Waals surface area contributed by atoms with Crippen molar-refractivity contribution in [3.05, 3.63) is 47.7 Å². The van der Waals surface area contributed by atoms with Crippen molar-refractivity contribution >= 4 is 11.0 Å². The lowest BCUT2D eigenvalue weighted by molar-refractivity contribution is -0.136. The summed E-state index contributed by atoms with van der Waals surface area (Å²) in [5.41, 5.74) is 1.49. The fraction of sp³-hybridized carbons (Fsp3) is 0.200. The Labute approximate surface area is 119 Å². The van der Waals surface area contributed by atoms with E-state index in [2.05, 4.69) is 10.1 Å². The molecule has 0 atom stereocenters. The molecule has 0 spiro atoms. The maximum Gasteiger partial charge on any atom is 0.417 e. The molecular weight excluding hydrogens is 279 g/mol. The van der Waals surface area contributed by atoms with E-state index in [1.54, 1.807) is 19.2 Å². The van der Waals surface area contributed by atoms with Gasteiger partial charge in [-0.15, -0.1) is 0 Å². The van der Waals surface area contributed by atoms with Crippen LogP contribution >= 0.6 is 0 Å². The number of aromatic nitrogens is 3. The molecule has 0 aliphatic heterocycles. The minimum absolute atomic E-state index is 0.0147. The van der Waals surface area contributed by atoms with Crippen LogP contribution in [-0.4, -0.2) is 14.8 Å². The molecule has 6 heteroatoms. The fourth-order valence-corrected chi connectivity index (χ4v) is 2.22. The largest absolute Gasteiger partial charge is 0.417 e. The minimum Gasteiger partial charge on any atom is -0.250 e. The molecule has 2 aromatic heterocycles. The first-order chi connectivity index (χ1) is 9.86. The summed E-state index contributed by atoms with van der Waals surface area (Å²) in [6.45, 7) is 1.92. The predicted octanol–water partition coefficient (Wildman–Crippen LogP) is 3.96. The number of halogens is 3. The van der Waals surface area contributed by atoms with Crippen LogP contribution in [0.25, 0.3) is 22.3 Å². The van der Waals surface area contributed by atoms with Gasteiger partial charge < -0.3 is 0 Å².